The number of aromatic nitrogens is 4. The van der Waals surface area contributed by atoms with E-state index < -0.39 is 11.9 Å². The Morgan fingerprint density at radius 2 is 1.72 bits per heavy atom. The third kappa shape index (κ3) is 7.42. The molecule has 4 aromatic heterocycles. The van der Waals surface area contributed by atoms with E-state index in [1.807, 2.05) is 55.8 Å². The van der Waals surface area contributed by atoms with Gasteiger partial charge in [0.15, 0.2) is 0 Å². The number of fused-ring (bicyclic) bond motifs is 4. The van der Waals surface area contributed by atoms with Crippen molar-refractivity contribution >= 4 is 39.5 Å². The molecule has 2 aromatic carbocycles. The third-order valence-corrected chi connectivity index (χ3v) is 11.0. The molecular formula is C45H40N6O7. The SMILES string of the molecule is Cc1cc(C#CCOCCOc2ccc3c(c2)CN(C2CCC(=O)NC2=O)C3=O)ncc1OC1CC(Oc2ccc(-c3ccc4c5cnccc5n(C)c4c3)cn2)C1. The van der Waals surface area contributed by atoms with Gasteiger partial charge in [-0.25, -0.2) is 9.97 Å². The van der Waals surface area contributed by atoms with E-state index in [-0.39, 0.29) is 37.0 Å². The minimum absolute atomic E-state index is 0.0322. The van der Waals surface area contributed by atoms with Crippen LogP contribution in [0.2, 0.25) is 0 Å². The molecule has 1 unspecified atom stereocenters. The largest absolute Gasteiger partial charge is 0.491 e. The molecule has 3 aliphatic rings. The zero-order valence-corrected chi connectivity index (χ0v) is 32.1. The van der Waals surface area contributed by atoms with Gasteiger partial charge in [0.1, 0.15) is 48.7 Å². The number of ether oxygens (including phenoxy) is 4. The number of nitrogens with zero attached hydrogens (tertiary/aromatic N) is 5. The van der Waals surface area contributed by atoms with Gasteiger partial charge in [0.05, 0.1) is 18.3 Å². The number of piperidine rings is 1. The molecule has 1 atom stereocenters. The van der Waals surface area contributed by atoms with Gasteiger partial charge in [0.2, 0.25) is 17.7 Å². The molecule has 1 saturated carbocycles. The molecule has 1 N–H and O–H groups in total. The first kappa shape index (κ1) is 36.8. The Kier molecular flexibility index (Phi) is 9.93. The van der Waals surface area contributed by atoms with Gasteiger partial charge in [-0.05, 0) is 78.4 Å². The molecule has 2 fully saturated rings. The molecular weight excluding hydrogens is 737 g/mol. The summed E-state index contributed by atoms with van der Waals surface area (Å²) in [5.41, 5.74) is 7.32. The van der Waals surface area contributed by atoms with E-state index in [9.17, 15) is 14.4 Å². The standard InChI is InChI=1S/C45H40N6O7/c1-27-18-31(4-3-15-55-16-17-56-32-7-9-35-30(19-32)26-51(45(35)54)39-10-11-42(52)49-44(39)53)47-25-41(27)57-33-21-34(22-33)58-43-12-6-29(23-48-43)28-5-8-36-37-24-46-14-13-38(37)50(2)40(36)20-28/h5-9,12-14,18-20,23-25,33-34,39H,10-11,15-17,21-22,26H2,1-2H3,(H,49,52,53). The molecule has 58 heavy (non-hydrogen) atoms. The van der Waals surface area contributed by atoms with Crippen molar-refractivity contribution in [1.82, 2.24) is 29.7 Å². The van der Waals surface area contributed by atoms with E-state index in [0.29, 0.717) is 49.1 Å². The van der Waals surface area contributed by atoms with Gasteiger partial charge in [-0.3, -0.25) is 24.7 Å². The van der Waals surface area contributed by atoms with Crippen LogP contribution >= 0.6 is 0 Å². The van der Waals surface area contributed by atoms with Gasteiger partial charge >= 0.3 is 0 Å². The van der Waals surface area contributed by atoms with Crippen molar-refractivity contribution in [3.8, 4) is 40.3 Å². The fourth-order valence-corrected chi connectivity index (χ4v) is 7.76. The van der Waals surface area contributed by atoms with Crippen LogP contribution in [0, 0.1) is 18.8 Å². The average Bonchev–Trinajstić information content (AvgIpc) is 3.69. The van der Waals surface area contributed by atoms with Gasteiger partial charge < -0.3 is 28.4 Å². The summed E-state index contributed by atoms with van der Waals surface area (Å²) in [6.45, 7) is 3.10. The Hall–Kier alpha value is -6.78. The lowest BCUT2D eigenvalue weighted by Crippen LogP contribution is -2.52. The molecule has 1 saturated heterocycles. The van der Waals surface area contributed by atoms with E-state index in [4.69, 9.17) is 18.9 Å². The van der Waals surface area contributed by atoms with Crippen molar-refractivity contribution in [3.63, 3.8) is 0 Å². The fourth-order valence-electron chi connectivity index (χ4n) is 7.76. The van der Waals surface area contributed by atoms with Crippen molar-refractivity contribution in [2.45, 2.75) is 57.4 Å². The van der Waals surface area contributed by atoms with Crippen LogP contribution < -0.4 is 19.5 Å². The van der Waals surface area contributed by atoms with E-state index in [0.717, 1.165) is 57.3 Å². The van der Waals surface area contributed by atoms with Crippen LogP contribution in [0.25, 0.3) is 32.9 Å². The van der Waals surface area contributed by atoms with Crippen molar-refractivity contribution in [2.75, 3.05) is 19.8 Å². The average molecular weight is 777 g/mol. The van der Waals surface area contributed by atoms with Gasteiger partial charge in [-0.15, -0.1) is 0 Å². The zero-order valence-electron chi connectivity index (χ0n) is 32.1. The highest BCUT2D eigenvalue weighted by Crippen LogP contribution is 2.34. The molecule has 0 bridgehead atoms. The van der Waals surface area contributed by atoms with Crippen molar-refractivity contribution in [1.29, 1.82) is 0 Å². The quantitative estimate of drug-likeness (QED) is 0.0990. The molecule has 0 spiro atoms. The van der Waals surface area contributed by atoms with Crippen LogP contribution in [-0.4, -0.2) is 80.2 Å². The Bertz CT molecular complexity index is 2640. The molecule has 6 heterocycles. The van der Waals surface area contributed by atoms with Crippen molar-refractivity contribution in [3.05, 3.63) is 108 Å². The van der Waals surface area contributed by atoms with Gasteiger partial charge in [0, 0.05) is 84.9 Å². The summed E-state index contributed by atoms with van der Waals surface area (Å²) in [7, 11) is 2.08. The number of rotatable bonds is 11. The maximum atomic E-state index is 12.9. The highest BCUT2D eigenvalue weighted by molar-refractivity contribution is 6.08. The first-order valence-electron chi connectivity index (χ1n) is 19.3. The van der Waals surface area contributed by atoms with Gasteiger partial charge in [-0.1, -0.05) is 18.1 Å². The number of pyridine rings is 3. The summed E-state index contributed by atoms with van der Waals surface area (Å²) in [4.78, 5) is 51.6. The summed E-state index contributed by atoms with van der Waals surface area (Å²) in [6.07, 6.45) is 9.43. The first-order valence-corrected chi connectivity index (χ1v) is 19.3. The monoisotopic (exact) mass is 776 g/mol. The lowest BCUT2D eigenvalue weighted by atomic mass is 9.92. The minimum atomic E-state index is -0.651. The second-order valence-electron chi connectivity index (χ2n) is 14.8. The van der Waals surface area contributed by atoms with Crippen molar-refractivity contribution in [2.24, 2.45) is 7.05 Å². The molecule has 1 aliphatic carbocycles. The molecule has 2 aliphatic heterocycles. The Balaban J connectivity index is 0.691. The maximum absolute atomic E-state index is 12.9. The summed E-state index contributed by atoms with van der Waals surface area (Å²) in [5.74, 6) is 7.00. The first-order chi connectivity index (χ1) is 28.3. The fraction of sp³-hybridized carbons (Fsp3) is 0.289. The predicted octanol–water partition coefficient (Wildman–Crippen LogP) is 5.69. The summed E-state index contributed by atoms with van der Waals surface area (Å²) >= 11 is 0. The maximum Gasteiger partial charge on any atom is 0.255 e. The van der Waals surface area contributed by atoms with Crippen LogP contribution in [-0.2, 0) is 27.9 Å². The number of amides is 3. The van der Waals surface area contributed by atoms with E-state index >= 15 is 0 Å². The van der Waals surface area contributed by atoms with Crippen LogP contribution in [0.1, 0.15) is 52.9 Å². The van der Waals surface area contributed by atoms with Crippen molar-refractivity contribution < 1.29 is 33.3 Å². The second kappa shape index (κ2) is 15.6. The topological polar surface area (TPSA) is 147 Å². The highest BCUT2D eigenvalue weighted by atomic mass is 16.5. The van der Waals surface area contributed by atoms with Crippen LogP contribution in [0.15, 0.2) is 85.5 Å². The van der Waals surface area contributed by atoms with Crippen LogP contribution in [0.4, 0.5) is 0 Å². The Morgan fingerprint density at radius 3 is 2.55 bits per heavy atom. The summed E-state index contributed by atoms with van der Waals surface area (Å²) in [5, 5.41) is 4.65. The van der Waals surface area contributed by atoms with E-state index in [2.05, 4.69) is 61.9 Å². The van der Waals surface area contributed by atoms with E-state index in [1.165, 1.54) is 10.3 Å². The minimum Gasteiger partial charge on any atom is -0.491 e. The second-order valence-corrected chi connectivity index (χ2v) is 14.8. The number of carbonyl (C=O) groups excluding carboxylic acids is 3. The molecule has 13 heteroatoms. The number of carbonyl (C=O) groups is 3. The van der Waals surface area contributed by atoms with Gasteiger partial charge in [0.25, 0.3) is 5.91 Å². The number of hydrogen-bond acceptors (Lipinski definition) is 10. The predicted molar refractivity (Wildman–Crippen MR) is 214 cm³/mol. The van der Waals surface area contributed by atoms with Gasteiger partial charge in [-0.2, -0.15) is 0 Å². The number of imide groups is 1. The van der Waals surface area contributed by atoms with Crippen LogP contribution in [0.3, 0.4) is 0 Å². The van der Waals surface area contributed by atoms with E-state index in [1.54, 1.807) is 18.3 Å². The number of hydrogen-bond donors (Lipinski definition) is 1. The molecule has 3 amide bonds. The summed E-state index contributed by atoms with van der Waals surface area (Å²) in [6, 6.07) is 19.0. The third-order valence-electron chi connectivity index (χ3n) is 11.0. The molecule has 0 radical (unpaired) electrons. The Labute approximate surface area is 334 Å². The number of benzene rings is 2. The molecule has 13 nitrogen and oxygen atoms in total. The van der Waals surface area contributed by atoms with Crippen LogP contribution in [0.5, 0.6) is 17.4 Å². The zero-order chi connectivity index (χ0) is 39.8. The molecule has 292 valence electrons. The summed E-state index contributed by atoms with van der Waals surface area (Å²) < 4.78 is 26.0. The number of aryl methyl sites for hydroxylation is 2. The highest BCUT2D eigenvalue weighted by Gasteiger charge is 2.39. The number of nitrogens with one attached hydrogen (secondary N) is 1. The lowest BCUT2D eigenvalue weighted by Gasteiger charge is -2.35. The smallest absolute Gasteiger partial charge is 0.255 e. The Morgan fingerprint density at radius 1 is 0.862 bits per heavy atom. The normalized spacial score (nSPS) is 18.7. The lowest BCUT2D eigenvalue weighted by molar-refractivity contribution is -0.136. The molecule has 9 rings (SSSR count). The molecule has 6 aromatic rings.